The van der Waals surface area contributed by atoms with Crippen LogP contribution in [0.3, 0.4) is 0 Å². The lowest BCUT2D eigenvalue weighted by Gasteiger charge is -2.59. The lowest BCUT2D eigenvalue weighted by molar-refractivity contribution is -0.176. The zero-order chi connectivity index (χ0) is 18.3. The molecule has 1 saturated heterocycles. The van der Waals surface area contributed by atoms with Crippen molar-refractivity contribution in [2.45, 2.75) is 77.2 Å². The number of carbonyl (C=O) groups excluding carboxylic acids is 2. The van der Waals surface area contributed by atoms with Gasteiger partial charge < -0.3 is 4.74 Å². The highest BCUT2D eigenvalue weighted by Gasteiger charge is 2.80. The van der Waals surface area contributed by atoms with Gasteiger partial charge in [0.1, 0.15) is 11.4 Å². The SMILES string of the molecule is C[C@]12CCC(=O)CC1=C1C[C@@H]1C1[C@@H]3[C@@H]4C[C@@H]4[C@@]4(CCC(=O)O4)[C@@]3(C)CC[C@@H]12. The predicted octanol–water partition coefficient (Wildman–Crippen LogP) is 4.45. The lowest BCUT2D eigenvalue weighted by atomic mass is 9.45. The van der Waals surface area contributed by atoms with Gasteiger partial charge in [0.05, 0.1) is 0 Å². The van der Waals surface area contributed by atoms with Crippen LogP contribution in [-0.4, -0.2) is 17.4 Å². The van der Waals surface area contributed by atoms with E-state index in [1.807, 2.05) is 0 Å². The van der Waals surface area contributed by atoms with Gasteiger partial charge in [-0.25, -0.2) is 0 Å². The summed E-state index contributed by atoms with van der Waals surface area (Å²) in [5.74, 6) is 5.00. The van der Waals surface area contributed by atoms with Crippen molar-refractivity contribution >= 4 is 11.8 Å². The molecule has 9 atom stereocenters. The summed E-state index contributed by atoms with van der Waals surface area (Å²) in [6.45, 7) is 4.99. The quantitative estimate of drug-likeness (QED) is 0.470. The predicted molar refractivity (Wildman–Crippen MR) is 99.6 cm³/mol. The highest BCUT2D eigenvalue weighted by Crippen LogP contribution is 2.81. The van der Waals surface area contributed by atoms with Crippen LogP contribution in [0.5, 0.6) is 0 Å². The highest BCUT2D eigenvalue weighted by molar-refractivity contribution is 5.83. The smallest absolute Gasteiger partial charge is 0.306 e. The molecule has 0 aromatic heterocycles. The Bertz CT molecular complexity index is 841. The fourth-order valence-corrected chi connectivity index (χ4v) is 9.66. The summed E-state index contributed by atoms with van der Waals surface area (Å²) in [5, 5.41) is 0. The Kier molecular flexibility index (Phi) is 2.56. The summed E-state index contributed by atoms with van der Waals surface area (Å²) in [4.78, 5) is 24.3. The lowest BCUT2D eigenvalue weighted by Crippen LogP contribution is -2.57. The molecule has 3 heteroatoms. The van der Waals surface area contributed by atoms with Crippen molar-refractivity contribution in [1.29, 1.82) is 0 Å². The number of Topliss-reactive ketones (excluding diaryl/α,β-unsaturated/α-hetero) is 1. The summed E-state index contributed by atoms with van der Waals surface area (Å²) in [6.07, 6.45) is 9.28. The first-order chi connectivity index (χ1) is 12.9. The third-order valence-corrected chi connectivity index (χ3v) is 10.8. The van der Waals surface area contributed by atoms with Crippen LogP contribution in [0.15, 0.2) is 11.1 Å². The van der Waals surface area contributed by atoms with Crippen LogP contribution in [0.25, 0.3) is 0 Å². The molecule has 144 valence electrons. The second-order valence-electron chi connectivity index (χ2n) is 11.5. The Morgan fingerprint density at radius 2 is 1.89 bits per heavy atom. The molecule has 1 spiro atoms. The van der Waals surface area contributed by atoms with Crippen LogP contribution in [0.2, 0.25) is 0 Å². The van der Waals surface area contributed by atoms with E-state index in [9.17, 15) is 9.59 Å². The number of esters is 1. The minimum absolute atomic E-state index is 0.0559. The zero-order valence-electron chi connectivity index (χ0n) is 16.6. The first kappa shape index (κ1) is 15.8. The fraction of sp³-hybridized carbons (Fsp3) is 0.833. The fourth-order valence-electron chi connectivity index (χ4n) is 9.66. The van der Waals surface area contributed by atoms with Crippen LogP contribution in [0, 0.1) is 46.3 Å². The topological polar surface area (TPSA) is 43.4 Å². The average Bonchev–Trinajstić information content (AvgIpc) is 3.53. The van der Waals surface area contributed by atoms with Crippen molar-refractivity contribution in [3.8, 4) is 0 Å². The summed E-state index contributed by atoms with van der Waals surface area (Å²) in [7, 11) is 0. The molecule has 1 aliphatic heterocycles. The van der Waals surface area contributed by atoms with Crippen LogP contribution >= 0.6 is 0 Å². The van der Waals surface area contributed by atoms with Gasteiger partial charge in [-0.1, -0.05) is 25.0 Å². The number of hydrogen-bond acceptors (Lipinski definition) is 3. The number of ketones is 1. The van der Waals surface area contributed by atoms with Gasteiger partial charge in [-0.3, -0.25) is 9.59 Å². The number of hydrogen-bond donors (Lipinski definition) is 0. The van der Waals surface area contributed by atoms with Gasteiger partial charge in [0.15, 0.2) is 0 Å². The summed E-state index contributed by atoms with van der Waals surface area (Å²) < 4.78 is 6.22. The third-order valence-electron chi connectivity index (χ3n) is 10.8. The maximum atomic E-state index is 12.2. The van der Waals surface area contributed by atoms with Crippen molar-refractivity contribution < 1.29 is 14.3 Å². The average molecular weight is 367 g/mol. The molecule has 3 nitrogen and oxygen atoms in total. The van der Waals surface area contributed by atoms with Crippen LogP contribution in [0.4, 0.5) is 0 Å². The van der Waals surface area contributed by atoms with E-state index in [1.165, 1.54) is 25.7 Å². The van der Waals surface area contributed by atoms with Crippen LogP contribution in [0.1, 0.15) is 71.6 Å². The van der Waals surface area contributed by atoms with Crippen molar-refractivity contribution in [2.24, 2.45) is 46.3 Å². The van der Waals surface area contributed by atoms with Gasteiger partial charge in [0.2, 0.25) is 0 Å². The Morgan fingerprint density at radius 3 is 2.67 bits per heavy atom. The Labute approximate surface area is 161 Å². The molecule has 7 aliphatic rings. The maximum absolute atomic E-state index is 12.2. The number of rotatable bonds is 0. The molecule has 0 bridgehead atoms. The molecule has 0 radical (unpaired) electrons. The van der Waals surface area contributed by atoms with E-state index >= 15 is 0 Å². The van der Waals surface area contributed by atoms with Gasteiger partial charge in [-0.2, -0.15) is 0 Å². The number of allylic oxidation sites excluding steroid dienone is 2. The standard InChI is InChI=1S/C24H30O3/c1-22-6-3-12(25)9-17(22)13-10-14(13)20-16(22)4-7-23(2)21(20)15-11-18(15)24(23)8-5-19(26)27-24/h14-16,18,20-21H,3-11H2,1-2H3/t14-,15+,16-,18-,20?,21-,22+,23-,24-/m0/s1. The number of carbonyl (C=O) groups is 2. The van der Waals surface area contributed by atoms with E-state index in [0.717, 1.165) is 55.3 Å². The van der Waals surface area contributed by atoms with Gasteiger partial charge in [-0.05, 0) is 73.5 Å². The van der Waals surface area contributed by atoms with Crippen LogP contribution < -0.4 is 0 Å². The molecule has 5 saturated carbocycles. The van der Waals surface area contributed by atoms with Gasteiger partial charge in [0, 0.05) is 30.6 Å². The molecule has 1 heterocycles. The third kappa shape index (κ3) is 1.58. The summed E-state index contributed by atoms with van der Waals surface area (Å²) in [6, 6.07) is 0. The Hall–Kier alpha value is -1.12. The van der Waals surface area contributed by atoms with Crippen molar-refractivity contribution in [2.75, 3.05) is 0 Å². The second kappa shape index (κ2) is 4.39. The van der Waals surface area contributed by atoms with E-state index in [-0.39, 0.29) is 22.4 Å². The molecule has 0 aromatic carbocycles. The minimum Gasteiger partial charge on any atom is -0.458 e. The van der Waals surface area contributed by atoms with Crippen molar-refractivity contribution in [3.63, 3.8) is 0 Å². The van der Waals surface area contributed by atoms with Gasteiger partial charge in [0.25, 0.3) is 0 Å². The molecule has 6 aliphatic carbocycles. The molecular weight excluding hydrogens is 336 g/mol. The second-order valence-corrected chi connectivity index (χ2v) is 11.5. The summed E-state index contributed by atoms with van der Waals surface area (Å²) >= 11 is 0. The van der Waals surface area contributed by atoms with Crippen molar-refractivity contribution in [1.82, 2.24) is 0 Å². The molecule has 1 unspecified atom stereocenters. The summed E-state index contributed by atoms with van der Waals surface area (Å²) in [5.41, 5.74) is 3.58. The van der Waals surface area contributed by atoms with E-state index in [0.29, 0.717) is 18.1 Å². The number of fused-ring (bicyclic) bond motifs is 11. The largest absolute Gasteiger partial charge is 0.458 e. The van der Waals surface area contributed by atoms with E-state index in [4.69, 9.17) is 4.74 Å². The van der Waals surface area contributed by atoms with Gasteiger partial charge in [-0.15, -0.1) is 0 Å². The van der Waals surface area contributed by atoms with Crippen LogP contribution in [-0.2, 0) is 14.3 Å². The molecule has 0 N–H and O–H groups in total. The normalized spacial score (nSPS) is 59.6. The molecule has 6 fully saturated rings. The first-order valence-corrected chi connectivity index (χ1v) is 11.3. The molecule has 27 heavy (non-hydrogen) atoms. The number of ether oxygens (including phenoxy) is 1. The zero-order valence-corrected chi connectivity index (χ0v) is 16.6. The highest BCUT2D eigenvalue weighted by atomic mass is 16.6. The van der Waals surface area contributed by atoms with E-state index in [2.05, 4.69) is 13.8 Å². The molecule has 7 rings (SSSR count). The van der Waals surface area contributed by atoms with E-state index < -0.39 is 0 Å². The monoisotopic (exact) mass is 366 g/mol. The first-order valence-electron chi connectivity index (χ1n) is 11.3. The van der Waals surface area contributed by atoms with Crippen molar-refractivity contribution in [3.05, 3.63) is 11.1 Å². The minimum atomic E-state index is -0.132. The van der Waals surface area contributed by atoms with E-state index in [1.54, 1.807) is 11.1 Å². The Balaban J connectivity index is 1.34. The van der Waals surface area contributed by atoms with Gasteiger partial charge >= 0.3 is 5.97 Å². The Morgan fingerprint density at radius 1 is 1.04 bits per heavy atom. The molecule has 0 aromatic rings. The molecular formula is C24H30O3. The maximum Gasteiger partial charge on any atom is 0.306 e. The molecule has 0 amide bonds.